The molecule has 0 radical (unpaired) electrons. The fourth-order valence-corrected chi connectivity index (χ4v) is 2.99. The molecular formula is C18H25N5O2. The van der Waals surface area contributed by atoms with E-state index in [1.54, 1.807) is 23.2 Å². The molecule has 0 aliphatic rings. The normalized spacial score (nSPS) is 12.6. The number of anilines is 1. The van der Waals surface area contributed by atoms with Crippen molar-refractivity contribution in [3.8, 4) is 11.3 Å². The van der Waals surface area contributed by atoms with Crippen molar-refractivity contribution in [1.29, 1.82) is 0 Å². The van der Waals surface area contributed by atoms with E-state index in [2.05, 4.69) is 16.7 Å². The topological polar surface area (TPSA) is 97.3 Å². The molecule has 0 bridgehead atoms. The maximum Gasteiger partial charge on any atom is 0.408 e. The fraction of sp³-hybridized carbons (Fsp3) is 0.389. The van der Waals surface area contributed by atoms with Gasteiger partial charge in [0.1, 0.15) is 0 Å². The number of nitrogens with two attached hydrogens (primary N) is 1. The van der Waals surface area contributed by atoms with Gasteiger partial charge in [0.15, 0.2) is 0 Å². The second-order valence-electron chi connectivity index (χ2n) is 6.91. The van der Waals surface area contributed by atoms with Crippen LogP contribution in [0.5, 0.6) is 0 Å². The number of rotatable bonds is 5. The van der Waals surface area contributed by atoms with Gasteiger partial charge in [-0.2, -0.15) is 5.10 Å². The maximum atomic E-state index is 11.9. The van der Waals surface area contributed by atoms with Crippen LogP contribution in [0, 0.1) is 0 Å². The van der Waals surface area contributed by atoms with Gasteiger partial charge < -0.3 is 10.8 Å². The zero-order chi connectivity index (χ0) is 18.8. The van der Waals surface area contributed by atoms with E-state index >= 15 is 0 Å². The summed E-state index contributed by atoms with van der Waals surface area (Å²) in [4.78, 5) is 17.7. The van der Waals surface area contributed by atoms with Crippen LogP contribution in [0.1, 0.15) is 38.9 Å². The van der Waals surface area contributed by atoms with E-state index in [1.165, 1.54) is 4.90 Å². The van der Waals surface area contributed by atoms with Gasteiger partial charge in [0.2, 0.25) is 0 Å². The predicted molar refractivity (Wildman–Crippen MR) is 98.0 cm³/mol. The minimum atomic E-state index is -0.994. The van der Waals surface area contributed by atoms with Crippen LogP contribution in [0.25, 0.3) is 11.3 Å². The molecule has 3 N–H and O–H groups in total. The molecule has 0 aromatic carbocycles. The monoisotopic (exact) mass is 343 g/mol. The van der Waals surface area contributed by atoms with Crippen LogP contribution in [-0.2, 0) is 7.05 Å². The first-order valence-electron chi connectivity index (χ1n) is 8.03. The van der Waals surface area contributed by atoms with Crippen LogP contribution in [0.15, 0.2) is 37.2 Å². The van der Waals surface area contributed by atoms with Crippen LogP contribution in [0.2, 0.25) is 0 Å². The predicted octanol–water partition coefficient (Wildman–Crippen LogP) is 3.46. The average molecular weight is 343 g/mol. The molecule has 2 aromatic rings. The Kier molecular flexibility index (Phi) is 5.15. The van der Waals surface area contributed by atoms with Crippen LogP contribution in [0.4, 0.5) is 10.5 Å². The zero-order valence-electron chi connectivity index (χ0n) is 15.1. The van der Waals surface area contributed by atoms with Crippen molar-refractivity contribution in [3.05, 3.63) is 42.9 Å². The lowest BCUT2D eigenvalue weighted by Gasteiger charge is -2.39. The van der Waals surface area contributed by atoms with E-state index in [0.717, 1.165) is 11.3 Å². The van der Waals surface area contributed by atoms with E-state index in [9.17, 15) is 9.90 Å². The Hall–Kier alpha value is -2.83. The third-order valence-corrected chi connectivity index (χ3v) is 3.99. The third-order valence-electron chi connectivity index (χ3n) is 3.99. The van der Waals surface area contributed by atoms with Gasteiger partial charge in [0, 0.05) is 24.3 Å². The van der Waals surface area contributed by atoms with Crippen LogP contribution in [0.3, 0.4) is 0 Å². The van der Waals surface area contributed by atoms with E-state index < -0.39 is 17.7 Å². The number of aromatic nitrogens is 3. The number of nitrogen functional groups attached to an aromatic ring is 1. The van der Waals surface area contributed by atoms with Crippen molar-refractivity contribution in [2.45, 2.75) is 38.8 Å². The van der Waals surface area contributed by atoms with Gasteiger partial charge in [-0.25, -0.2) is 4.79 Å². The highest BCUT2D eigenvalue weighted by Crippen LogP contribution is 2.33. The number of pyridine rings is 1. The standard InChI is InChI=1S/C18H25N5O2/c1-6-7-15(23(17(24)25)18(2,3)4)14-10-12(8-9-20-14)16-13(19)11-21-22(16)5/h6,8-11,15H,1,7,19H2,2-5H3,(H,24,25)/t15-/m0/s1. The minimum Gasteiger partial charge on any atom is -0.465 e. The highest BCUT2D eigenvalue weighted by atomic mass is 16.4. The van der Waals surface area contributed by atoms with Crippen molar-refractivity contribution in [2.24, 2.45) is 7.05 Å². The van der Waals surface area contributed by atoms with Gasteiger partial charge in [-0.1, -0.05) is 6.08 Å². The molecule has 0 saturated heterocycles. The van der Waals surface area contributed by atoms with Crippen molar-refractivity contribution >= 4 is 11.8 Å². The van der Waals surface area contributed by atoms with E-state index in [1.807, 2.05) is 40.0 Å². The van der Waals surface area contributed by atoms with E-state index in [4.69, 9.17) is 5.73 Å². The summed E-state index contributed by atoms with van der Waals surface area (Å²) in [6, 6.07) is 3.26. The Morgan fingerprint density at radius 2 is 2.20 bits per heavy atom. The SMILES string of the molecule is C=CC[C@@H](c1cc(-c2c(N)cnn2C)ccn1)N(C(=O)O)C(C)(C)C. The van der Waals surface area contributed by atoms with Gasteiger partial charge in [-0.05, 0) is 39.3 Å². The van der Waals surface area contributed by atoms with Crippen molar-refractivity contribution < 1.29 is 9.90 Å². The quantitative estimate of drug-likeness (QED) is 0.810. The Balaban J connectivity index is 2.55. The molecule has 0 aliphatic carbocycles. The second-order valence-corrected chi connectivity index (χ2v) is 6.91. The zero-order valence-corrected chi connectivity index (χ0v) is 15.1. The lowest BCUT2D eigenvalue weighted by Crippen LogP contribution is -2.47. The molecule has 0 saturated carbocycles. The summed E-state index contributed by atoms with van der Waals surface area (Å²) in [6.07, 6.45) is 4.43. The molecule has 0 aliphatic heterocycles. The molecule has 7 nitrogen and oxygen atoms in total. The van der Waals surface area contributed by atoms with Crippen LogP contribution >= 0.6 is 0 Å². The molecule has 0 fully saturated rings. The van der Waals surface area contributed by atoms with Gasteiger partial charge in [-0.3, -0.25) is 14.6 Å². The summed E-state index contributed by atoms with van der Waals surface area (Å²) in [5.74, 6) is 0. The largest absolute Gasteiger partial charge is 0.465 e. The lowest BCUT2D eigenvalue weighted by molar-refractivity contribution is 0.0691. The summed E-state index contributed by atoms with van der Waals surface area (Å²) < 4.78 is 1.69. The molecule has 2 heterocycles. The minimum absolute atomic E-state index is 0.440. The first-order chi connectivity index (χ1) is 11.7. The molecule has 1 amide bonds. The number of carbonyl (C=O) groups is 1. The molecule has 2 rings (SSSR count). The molecule has 25 heavy (non-hydrogen) atoms. The van der Waals surface area contributed by atoms with Crippen LogP contribution in [-0.4, -0.2) is 36.4 Å². The number of nitrogens with zero attached hydrogens (tertiary/aromatic N) is 4. The fourth-order valence-electron chi connectivity index (χ4n) is 2.99. The van der Waals surface area contributed by atoms with Gasteiger partial charge >= 0.3 is 6.09 Å². The Bertz CT molecular complexity index is 757. The van der Waals surface area contributed by atoms with E-state index in [0.29, 0.717) is 17.8 Å². The number of hydrogen-bond acceptors (Lipinski definition) is 4. The summed E-state index contributed by atoms with van der Waals surface area (Å²) >= 11 is 0. The van der Waals surface area contributed by atoms with E-state index in [-0.39, 0.29) is 0 Å². The summed E-state index contributed by atoms with van der Waals surface area (Å²) in [5.41, 5.74) is 8.26. The van der Waals surface area contributed by atoms with Gasteiger partial charge in [0.05, 0.1) is 29.3 Å². The molecule has 134 valence electrons. The molecule has 0 unspecified atom stereocenters. The smallest absolute Gasteiger partial charge is 0.408 e. The number of carboxylic acid groups (broad SMARTS) is 1. The Morgan fingerprint density at radius 3 is 2.68 bits per heavy atom. The second kappa shape index (κ2) is 6.96. The highest BCUT2D eigenvalue weighted by Gasteiger charge is 2.34. The van der Waals surface area contributed by atoms with Gasteiger partial charge in [-0.15, -0.1) is 6.58 Å². The molecule has 2 aromatic heterocycles. The molecule has 1 atom stereocenters. The summed E-state index contributed by atoms with van der Waals surface area (Å²) in [7, 11) is 1.81. The molecule has 7 heteroatoms. The van der Waals surface area contributed by atoms with Gasteiger partial charge in [0.25, 0.3) is 0 Å². The first-order valence-corrected chi connectivity index (χ1v) is 8.03. The highest BCUT2D eigenvalue weighted by molar-refractivity contribution is 5.73. The molecular weight excluding hydrogens is 318 g/mol. The Morgan fingerprint density at radius 1 is 1.52 bits per heavy atom. The number of amides is 1. The lowest BCUT2D eigenvalue weighted by atomic mass is 9.98. The number of hydrogen-bond donors (Lipinski definition) is 2. The van der Waals surface area contributed by atoms with Crippen molar-refractivity contribution in [2.75, 3.05) is 5.73 Å². The summed E-state index contributed by atoms with van der Waals surface area (Å²) in [5, 5.41) is 13.9. The average Bonchev–Trinajstić information content (AvgIpc) is 2.84. The maximum absolute atomic E-state index is 11.9. The van der Waals surface area contributed by atoms with Crippen molar-refractivity contribution in [3.63, 3.8) is 0 Å². The molecule has 0 spiro atoms. The van der Waals surface area contributed by atoms with Crippen molar-refractivity contribution in [1.82, 2.24) is 19.7 Å². The van der Waals surface area contributed by atoms with Crippen LogP contribution < -0.4 is 5.73 Å². The Labute approximate surface area is 147 Å². The third kappa shape index (κ3) is 3.81. The summed E-state index contributed by atoms with van der Waals surface area (Å²) in [6.45, 7) is 9.35. The number of aryl methyl sites for hydroxylation is 1. The first kappa shape index (κ1) is 18.5.